The summed E-state index contributed by atoms with van der Waals surface area (Å²) in [5.41, 5.74) is 6.45. The SMILES string of the molecule is Cc1ccccc1N/N=C\c1ccc(N2CCN(C)CC2)c([N+](=O)[O-])c1. The first-order valence-electron chi connectivity index (χ1n) is 8.61. The van der Waals surface area contributed by atoms with Gasteiger partial charge in [0.15, 0.2) is 0 Å². The quantitative estimate of drug-likeness (QED) is 0.508. The molecule has 2 aromatic carbocycles. The van der Waals surface area contributed by atoms with Crippen molar-refractivity contribution in [3.05, 3.63) is 63.7 Å². The summed E-state index contributed by atoms with van der Waals surface area (Å²) in [6.07, 6.45) is 1.60. The summed E-state index contributed by atoms with van der Waals surface area (Å²) < 4.78 is 0. The molecule has 0 aliphatic carbocycles. The van der Waals surface area contributed by atoms with E-state index in [2.05, 4.69) is 27.4 Å². The fourth-order valence-electron chi connectivity index (χ4n) is 2.96. The smallest absolute Gasteiger partial charge is 0.293 e. The van der Waals surface area contributed by atoms with Gasteiger partial charge in [0, 0.05) is 37.8 Å². The second kappa shape index (κ2) is 7.97. The molecule has 0 spiro atoms. The number of nitro benzene ring substituents is 1. The van der Waals surface area contributed by atoms with Gasteiger partial charge in [-0.1, -0.05) is 24.3 Å². The van der Waals surface area contributed by atoms with E-state index in [1.807, 2.05) is 43.3 Å². The molecule has 0 aromatic heterocycles. The number of nitrogens with one attached hydrogen (secondary N) is 1. The van der Waals surface area contributed by atoms with Gasteiger partial charge in [0.05, 0.1) is 16.8 Å². The molecular weight excluding hydrogens is 330 g/mol. The van der Waals surface area contributed by atoms with E-state index in [0.717, 1.165) is 37.4 Å². The molecule has 1 N–H and O–H groups in total. The fourth-order valence-corrected chi connectivity index (χ4v) is 2.96. The highest BCUT2D eigenvalue weighted by atomic mass is 16.6. The van der Waals surface area contributed by atoms with Crippen molar-refractivity contribution >= 4 is 23.3 Å². The second-order valence-corrected chi connectivity index (χ2v) is 6.48. The first-order valence-corrected chi connectivity index (χ1v) is 8.61. The van der Waals surface area contributed by atoms with Crippen LogP contribution in [0.5, 0.6) is 0 Å². The van der Waals surface area contributed by atoms with E-state index in [4.69, 9.17) is 0 Å². The van der Waals surface area contributed by atoms with Crippen molar-refractivity contribution in [1.82, 2.24) is 4.90 Å². The van der Waals surface area contributed by atoms with Gasteiger partial charge in [0.1, 0.15) is 5.69 Å². The lowest BCUT2D eigenvalue weighted by Crippen LogP contribution is -2.44. The number of nitrogens with zero attached hydrogens (tertiary/aromatic N) is 4. The molecule has 0 unspecified atom stereocenters. The predicted octanol–water partition coefficient (Wildman–Crippen LogP) is 3.10. The summed E-state index contributed by atoms with van der Waals surface area (Å²) in [7, 11) is 2.06. The van der Waals surface area contributed by atoms with Gasteiger partial charge in [-0.3, -0.25) is 15.5 Å². The first kappa shape index (κ1) is 17.9. The monoisotopic (exact) mass is 353 g/mol. The normalized spacial score (nSPS) is 15.4. The van der Waals surface area contributed by atoms with Crippen LogP contribution >= 0.6 is 0 Å². The molecule has 2 aromatic rings. The summed E-state index contributed by atoms with van der Waals surface area (Å²) in [6, 6.07) is 13.1. The van der Waals surface area contributed by atoms with E-state index < -0.39 is 0 Å². The van der Waals surface area contributed by atoms with Crippen LogP contribution < -0.4 is 10.3 Å². The van der Waals surface area contributed by atoms with Gasteiger partial charge in [-0.25, -0.2) is 0 Å². The fraction of sp³-hybridized carbons (Fsp3) is 0.316. The van der Waals surface area contributed by atoms with Gasteiger partial charge in [-0.05, 0) is 31.7 Å². The standard InChI is InChI=1S/C19H23N5O2/c1-15-5-3-4-6-17(15)21-20-14-16-7-8-18(19(13-16)24(25)26)23-11-9-22(2)10-12-23/h3-8,13-14,21H,9-12H2,1-2H3/b20-14-. The highest BCUT2D eigenvalue weighted by Crippen LogP contribution is 2.29. The molecule has 1 aliphatic heterocycles. The first-order chi connectivity index (χ1) is 12.5. The van der Waals surface area contributed by atoms with E-state index in [1.165, 1.54) is 0 Å². The van der Waals surface area contributed by atoms with Crippen LogP contribution in [0.1, 0.15) is 11.1 Å². The average Bonchev–Trinajstić information content (AvgIpc) is 2.64. The van der Waals surface area contributed by atoms with Crippen LogP contribution in [0.25, 0.3) is 0 Å². The molecule has 3 rings (SSSR count). The van der Waals surface area contributed by atoms with Crippen LogP contribution in [0.2, 0.25) is 0 Å². The molecule has 0 amide bonds. The lowest BCUT2D eigenvalue weighted by Gasteiger charge is -2.33. The van der Waals surface area contributed by atoms with Crippen LogP contribution in [-0.4, -0.2) is 49.3 Å². The van der Waals surface area contributed by atoms with Crippen molar-refractivity contribution in [3.63, 3.8) is 0 Å². The maximum absolute atomic E-state index is 11.5. The lowest BCUT2D eigenvalue weighted by molar-refractivity contribution is -0.384. The van der Waals surface area contributed by atoms with Crippen molar-refractivity contribution in [2.45, 2.75) is 6.92 Å². The number of anilines is 2. The Bertz CT molecular complexity index is 813. The predicted molar refractivity (Wildman–Crippen MR) is 105 cm³/mol. The third-order valence-electron chi connectivity index (χ3n) is 4.58. The van der Waals surface area contributed by atoms with Crippen LogP contribution in [-0.2, 0) is 0 Å². The molecule has 1 heterocycles. The zero-order valence-corrected chi connectivity index (χ0v) is 15.1. The molecule has 136 valence electrons. The molecule has 0 bridgehead atoms. The molecule has 1 aliphatic rings. The number of para-hydroxylation sites is 1. The highest BCUT2D eigenvalue weighted by Gasteiger charge is 2.22. The van der Waals surface area contributed by atoms with Crippen molar-refractivity contribution in [1.29, 1.82) is 0 Å². The zero-order chi connectivity index (χ0) is 18.5. The molecule has 0 atom stereocenters. The molecule has 0 saturated carbocycles. The summed E-state index contributed by atoms with van der Waals surface area (Å²) in [5.74, 6) is 0. The second-order valence-electron chi connectivity index (χ2n) is 6.48. The Morgan fingerprint density at radius 3 is 2.58 bits per heavy atom. The van der Waals surface area contributed by atoms with E-state index in [1.54, 1.807) is 12.3 Å². The number of likely N-dealkylation sites (N-methyl/N-ethyl adjacent to an activating group) is 1. The number of hydrazone groups is 1. The van der Waals surface area contributed by atoms with Crippen molar-refractivity contribution in [2.24, 2.45) is 5.10 Å². The number of benzene rings is 2. The van der Waals surface area contributed by atoms with Gasteiger partial charge >= 0.3 is 0 Å². The number of nitro groups is 1. The van der Waals surface area contributed by atoms with Gasteiger partial charge < -0.3 is 9.80 Å². The van der Waals surface area contributed by atoms with Crippen LogP contribution in [0, 0.1) is 17.0 Å². The Hall–Kier alpha value is -2.93. The van der Waals surface area contributed by atoms with Gasteiger partial charge in [-0.15, -0.1) is 0 Å². The minimum atomic E-state index is -0.320. The van der Waals surface area contributed by atoms with E-state index >= 15 is 0 Å². The average molecular weight is 353 g/mol. The maximum Gasteiger partial charge on any atom is 0.293 e. The molecular formula is C19H23N5O2. The molecule has 1 saturated heterocycles. The zero-order valence-electron chi connectivity index (χ0n) is 15.1. The Balaban J connectivity index is 1.77. The van der Waals surface area contributed by atoms with Gasteiger partial charge in [0.2, 0.25) is 0 Å². The van der Waals surface area contributed by atoms with Crippen LogP contribution in [0.4, 0.5) is 17.1 Å². The minimum absolute atomic E-state index is 0.120. The Kier molecular flexibility index (Phi) is 5.48. The number of hydrogen-bond acceptors (Lipinski definition) is 6. The van der Waals surface area contributed by atoms with Crippen LogP contribution in [0.15, 0.2) is 47.6 Å². The minimum Gasteiger partial charge on any atom is -0.363 e. The van der Waals surface area contributed by atoms with E-state index in [0.29, 0.717) is 11.3 Å². The molecule has 26 heavy (non-hydrogen) atoms. The number of rotatable bonds is 5. The topological polar surface area (TPSA) is 74.0 Å². The lowest BCUT2D eigenvalue weighted by atomic mass is 10.1. The maximum atomic E-state index is 11.5. The Labute approximate surface area is 153 Å². The summed E-state index contributed by atoms with van der Waals surface area (Å²) in [5, 5.41) is 15.7. The van der Waals surface area contributed by atoms with Crippen molar-refractivity contribution in [2.75, 3.05) is 43.6 Å². The number of piperazine rings is 1. The van der Waals surface area contributed by atoms with E-state index in [9.17, 15) is 10.1 Å². The molecule has 7 nitrogen and oxygen atoms in total. The molecule has 0 radical (unpaired) electrons. The van der Waals surface area contributed by atoms with Crippen molar-refractivity contribution in [3.8, 4) is 0 Å². The highest BCUT2D eigenvalue weighted by molar-refractivity contribution is 5.83. The van der Waals surface area contributed by atoms with Crippen molar-refractivity contribution < 1.29 is 4.92 Å². The van der Waals surface area contributed by atoms with Gasteiger partial charge in [-0.2, -0.15) is 5.10 Å². The van der Waals surface area contributed by atoms with Crippen LogP contribution in [0.3, 0.4) is 0 Å². The van der Waals surface area contributed by atoms with Gasteiger partial charge in [0.25, 0.3) is 5.69 Å². The molecule has 7 heteroatoms. The summed E-state index contributed by atoms with van der Waals surface area (Å²) in [6.45, 7) is 5.38. The third-order valence-corrected chi connectivity index (χ3v) is 4.58. The Morgan fingerprint density at radius 1 is 1.15 bits per heavy atom. The number of hydrogen-bond donors (Lipinski definition) is 1. The van der Waals surface area contributed by atoms with E-state index in [-0.39, 0.29) is 10.6 Å². The largest absolute Gasteiger partial charge is 0.363 e. The molecule has 1 fully saturated rings. The Morgan fingerprint density at radius 2 is 1.88 bits per heavy atom. The summed E-state index contributed by atoms with van der Waals surface area (Å²) >= 11 is 0. The third kappa shape index (κ3) is 4.18. The summed E-state index contributed by atoms with van der Waals surface area (Å²) in [4.78, 5) is 15.5. The number of aryl methyl sites for hydroxylation is 1.